The molecular weight excluding hydrogens is 287 g/mol. The van der Waals surface area contributed by atoms with Crippen molar-refractivity contribution in [3.8, 4) is 11.5 Å². The van der Waals surface area contributed by atoms with Crippen molar-refractivity contribution < 1.29 is 27.4 Å². The number of hydrogen-bond donors (Lipinski definition) is 1. The van der Waals surface area contributed by atoms with Crippen molar-refractivity contribution >= 4 is 0 Å². The van der Waals surface area contributed by atoms with Gasteiger partial charge in [-0.3, -0.25) is 0 Å². The maximum Gasteiger partial charge on any atom is 0.411 e. The summed E-state index contributed by atoms with van der Waals surface area (Å²) in [5, 5.41) is 3.02. The highest BCUT2D eigenvalue weighted by Gasteiger charge is 2.27. The molecule has 0 aromatic heterocycles. The quantitative estimate of drug-likeness (QED) is 0.712. The summed E-state index contributed by atoms with van der Waals surface area (Å²) in [5.74, 6) is 1.06. The van der Waals surface area contributed by atoms with E-state index in [1.54, 1.807) is 6.07 Å². The Kier molecular flexibility index (Phi) is 7.31. The summed E-state index contributed by atoms with van der Waals surface area (Å²) in [6.07, 6.45) is -4.31. The van der Waals surface area contributed by atoms with Gasteiger partial charge in [0.05, 0.1) is 13.2 Å². The molecule has 0 bridgehead atoms. The maximum atomic E-state index is 11.9. The third-order valence-corrected chi connectivity index (χ3v) is 2.44. The molecule has 0 unspecified atom stereocenters. The zero-order valence-electron chi connectivity index (χ0n) is 12.1. The summed E-state index contributed by atoms with van der Waals surface area (Å²) < 4.78 is 51.0. The monoisotopic (exact) mass is 307 g/mol. The van der Waals surface area contributed by atoms with Crippen LogP contribution in [-0.2, 0) is 11.3 Å². The lowest BCUT2D eigenvalue weighted by molar-refractivity contribution is -0.175. The summed E-state index contributed by atoms with van der Waals surface area (Å²) in [6, 6.07) is 5.44. The number of hydrogen-bond acceptors (Lipinski definition) is 4. The van der Waals surface area contributed by atoms with E-state index in [0.717, 1.165) is 5.56 Å². The lowest BCUT2D eigenvalue weighted by atomic mass is 10.2. The Morgan fingerprint density at radius 2 is 1.86 bits per heavy atom. The van der Waals surface area contributed by atoms with Gasteiger partial charge in [0.25, 0.3) is 0 Å². The molecule has 0 aliphatic rings. The fraction of sp³-hybridized carbons (Fsp3) is 0.571. The number of rotatable bonds is 9. The molecule has 0 atom stereocenters. The van der Waals surface area contributed by atoms with Gasteiger partial charge in [0, 0.05) is 6.54 Å². The van der Waals surface area contributed by atoms with Crippen molar-refractivity contribution in [1.82, 2.24) is 5.32 Å². The third-order valence-electron chi connectivity index (χ3n) is 2.44. The SMILES string of the molecule is CCOc1cc(CNC)ccc1OCCOCC(F)(F)F. The Morgan fingerprint density at radius 3 is 2.48 bits per heavy atom. The minimum atomic E-state index is -4.31. The van der Waals surface area contributed by atoms with Crippen LogP contribution in [-0.4, -0.2) is 39.7 Å². The van der Waals surface area contributed by atoms with E-state index >= 15 is 0 Å². The highest BCUT2D eigenvalue weighted by Crippen LogP contribution is 2.28. The van der Waals surface area contributed by atoms with E-state index in [2.05, 4.69) is 10.1 Å². The number of alkyl halides is 3. The molecule has 4 nitrogen and oxygen atoms in total. The number of ether oxygens (including phenoxy) is 3. The lowest BCUT2D eigenvalue weighted by Gasteiger charge is -2.14. The van der Waals surface area contributed by atoms with Gasteiger partial charge >= 0.3 is 6.18 Å². The van der Waals surface area contributed by atoms with Gasteiger partial charge in [0.15, 0.2) is 11.5 Å². The van der Waals surface area contributed by atoms with Gasteiger partial charge in [0.2, 0.25) is 0 Å². The Labute approximate surface area is 122 Å². The standard InChI is InChI=1S/C14H20F3NO3/c1-3-20-13-8-11(9-18-2)4-5-12(13)21-7-6-19-10-14(15,16)17/h4-5,8,18H,3,6-7,9-10H2,1-2H3. The van der Waals surface area contributed by atoms with Crippen LogP contribution in [0.1, 0.15) is 12.5 Å². The van der Waals surface area contributed by atoms with Gasteiger partial charge in [-0.1, -0.05) is 6.07 Å². The number of halogens is 3. The van der Waals surface area contributed by atoms with Crippen LogP contribution < -0.4 is 14.8 Å². The van der Waals surface area contributed by atoms with Gasteiger partial charge in [-0.05, 0) is 31.7 Å². The zero-order chi connectivity index (χ0) is 15.7. The second-order valence-corrected chi connectivity index (χ2v) is 4.26. The molecule has 0 aliphatic heterocycles. The average molecular weight is 307 g/mol. The highest BCUT2D eigenvalue weighted by atomic mass is 19.4. The first-order chi connectivity index (χ1) is 9.96. The Bertz CT molecular complexity index is 424. The third kappa shape index (κ3) is 7.19. The molecule has 0 saturated carbocycles. The second kappa shape index (κ2) is 8.74. The molecule has 0 aliphatic carbocycles. The van der Waals surface area contributed by atoms with Gasteiger partial charge in [-0.25, -0.2) is 0 Å². The van der Waals surface area contributed by atoms with E-state index in [1.165, 1.54) is 0 Å². The van der Waals surface area contributed by atoms with Crippen LogP contribution in [0.5, 0.6) is 11.5 Å². The van der Waals surface area contributed by atoms with E-state index in [4.69, 9.17) is 9.47 Å². The number of nitrogens with one attached hydrogen (secondary N) is 1. The Hall–Kier alpha value is -1.47. The summed E-state index contributed by atoms with van der Waals surface area (Å²) >= 11 is 0. The molecule has 1 rings (SSSR count). The van der Waals surface area contributed by atoms with Crippen molar-refractivity contribution in [2.45, 2.75) is 19.6 Å². The Balaban J connectivity index is 2.49. The summed E-state index contributed by atoms with van der Waals surface area (Å²) in [7, 11) is 1.84. The fourth-order valence-electron chi connectivity index (χ4n) is 1.65. The molecule has 1 aromatic carbocycles. The molecule has 0 spiro atoms. The van der Waals surface area contributed by atoms with E-state index in [-0.39, 0.29) is 13.2 Å². The largest absolute Gasteiger partial charge is 0.490 e. The van der Waals surface area contributed by atoms with E-state index in [1.807, 2.05) is 26.1 Å². The van der Waals surface area contributed by atoms with Crippen LogP contribution in [0, 0.1) is 0 Å². The molecule has 0 heterocycles. The van der Waals surface area contributed by atoms with E-state index in [9.17, 15) is 13.2 Å². The first-order valence-corrected chi connectivity index (χ1v) is 6.64. The molecular formula is C14H20F3NO3. The van der Waals surface area contributed by atoms with Crippen molar-refractivity contribution in [1.29, 1.82) is 0 Å². The minimum absolute atomic E-state index is 0.0293. The van der Waals surface area contributed by atoms with Gasteiger partial charge in [-0.2, -0.15) is 13.2 Å². The Morgan fingerprint density at radius 1 is 1.10 bits per heavy atom. The van der Waals surface area contributed by atoms with Crippen LogP contribution in [0.25, 0.3) is 0 Å². The molecule has 1 N–H and O–H groups in total. The first-order valence-electron chi connectivity index (χ1n) is 6.64. The molecule has 1 aromatic rings. The highest BCUT2D eigenvalue weighted by molar-refractivity contribution is 5.43. The number of benzene rings is 1. The van der Waals surface area contributed by atoms with E-state index in [0.29, 0.717) is 24.7 Å². The van der Waals surface area contributed by atoms with Crippen molar-refractivity contribution in [2.24, 2.45) is 0 Å². The minimum Gasteiger partial charge on any atom is -0.490 e. The smallest absolute Gasteiger partial charge is 0.411 e. The summed E-state index contributed by atoms with van der Waals surface area (Å²) in [5.41, 5.74) is 1.03. The topological polar surface area (TPSA) is 39.7 Å². The fourth-order valence-corrected chi connectivity index (χ4v) is 1.65. The van der Waals surface area contributed by atoms with Crippen LogP contribution >= 0.6 is 0 Å². The van der Waals surface area contributed by atoms with E-state index < -0.39 is 12.8 Å². The predicted octanol–water partition coefficient (Wildman–Crippen LogP) is 2.76. The van der Waals surface area contributed by atoms with Crippen molar-refractivity contribution in [3.05, 3.63) is 23.8 Å². The molecule has 0 radical (unpaired) electrons. The van der Waals surface area contributed by atoms with Crippen molar-refractivity contribution in [2.75, 3.05) is 33.5 Å². The summed E-state index contributed by atoms with van der Waals surface area (Å²) in [4.78, 5) is 0. The molecule has 0 saturated heterocycles. The lowest BCUT2D eigenvalue weighted by Crippen LogP contribution is -2.19. The van der Waals surface area contributed by atoms with Crippen LogP contribution in [0.4, 0.5) is 13.2 Å². The maximum absolute atomic E-state index is 11.9. The molecule has 21 heavy (non-hydrogen) atoms. The van der Waals surface area contributed by atoms with Gasteiger partial charge in [-0.15, -0.1) is 0 Å². The van der Waals surface area contributed by atoms with Gasteiger partial charge in [0.1, 0.15) is 13.2 Å². The second-order valence-electron chi connectivity index (χ2n) is 4.26. The normalized spacial score (nSPS) is 11.5. The predicted molar refractivity (Wildman–Crippen MR) is 72.7 cm³/mol. The zero-order valence-corrected chi connectivity index (χ0v) is 12.1. The van der Waals surface area contributed by atoms with Crippen LogP contribution in [0.15, 0.2) is 18.2 Å². The van der Waals surface area contributed by atoms with Crippen LogP contribution in [0.3, 0.4) is 0 Å². The molecule has 0 fully saturated rings. The summed E-state index contributed by atoms with van der Waals surface area (Å²) in [6.45, 7) is 1.64. The molecule has 0 amide bonds. The molecule has 120 valence electrons. The van der Waals surface area contributed by atoms with Crippen LogP contribution in [0.2, 0.25) is 0 Å². The molecule has 7 heteroatoms. The first kappa shape index (κ1) is 17.6. The van der Waals surface area contributed by atoms with Crippen molar-refractivity contribution in [3.63, 3.8) is 0 Å². The van der Waals surface area contributed by atoms with Gasteiger partial charge < -0.3 is 19.5 Å². The average Bonchev–Trinajstić information content (AvgIpc) is 2.40.